The van der Waals surface area contributed by atoms with Gasteiger partial charge in [-0.3, -0.25) is 4.79 Å². The number of aryl methyl sites for hydroxylation is 1. The number of nitrogens with zero attached hydrogens (tertiary/aromatic N) is 1. The lowest BCUT2D eigenvalue weighted by Gasteiger charge is -2.09. The Morgan fingerprint density at radius 3 is 2.78 bits per heavy atom. The Labute approximate surface area is 102 Å². The van der Waals surface area contributed by atoms with Gasteiger partial charge in [0.25, 0.3) is 5.56 Å². The molecule has 0 aliphatic carbocycles. The standard InChI is InChI=1S/C12H11N3O3/c1-7-4-2-3-5-9(7)13-11-8(12(17)18)6-10(16)14-15-11/h2-6H,1H3,(H,13,15)(H,14,16)(H,17,18). The van der Waals surface area contributed by atoms with E-state index in [1.54, 1.807) is 6.07 Å². The van der Waals surface area contributed by atoms with E-state index in [0.717, 1.165) is 17.3 Å². The van der Waals surface area contributed by atoms with Gasteiger partial charge in [-0.25, -0.2) is 9.89 Å². The summed E-state index contributed by atoms with van der Waals surface area (Å²) in [6.45, 7) is 1.88. The normalized spacial score (nSPS) is 10.1. The van der Waals surface area contributed by atoms with Gasteiger partial charge < -0.3 is 10.4 Å². The lowest BCUT2D eigenvalue weighted by Crippen LogP contribution is -2.15. The van der Waals surface area contributed by atoms with Crippen molar-refractivity contribution >= 4 is 17.5 Å². The third-order valence-electron chi connectivity index (χ3n) is 2.44. The second-order valence-electron chi connectivity index (χ2n) is 3.74. The minimum absolute atomic E-state index is 0.108. The quantitative estimate of drug-likeness (QED) is 0.762. The number of para-hydroxylation sites is 1. The van der Waals surface area contributed by atoms with Crippen molar-refractivity contribution < 1.29 is 9.90 Å². The van der Waals surface area contributed by atoms with Crippen molar-refractivity contribution in [3.63, 3.8) is 0 Å². The summed E-state index contributed by atoms with van der Waals surface area (Å²) in [5.41, 5.74) is 0.964. The average molecular weight is 245 g/mol. The highest BCUT2D eigenvalue weighted by Crippen LogP contribution is 2.20. The molecule has 6 nitrogen and oxygen atoms in total. The largest absolute Gasteiger partial charge is 0.478 e. The summed E-state index contributed by atoms with van der Waals surface area (Å²) in [6, 6.07) is 8.37. The van der Waals surface area contributed by atoms with Crippen molar-refractivity contribution in [2.24, 2.45) is 0 Å². The Bertz CT molecular complexity index is 649. The topological polar surface area (TPSA) is 95.1 Å². The van der Waals surface area contributed by atoms with Gasteiger partial charge in [0.1, 0.15) is 5.56 Å². The van der Waals surface area contributed by atoms with Crippen molar-refractivity contribution in [3.8, 4) is 0 Å². The molecule has 0 aliphatic rings. The molecule has 0 saturated heterocycles. The van der Waals surface area contributed by atoms with Crippen LogP contribution in [0.1, 0.15) is 15.9 Å². The first-order valence-electron chi connectivity index (χ1n) is 5.23. The molecule has 0 radical (unpaired) electrons. The molecular weight excluding hydrogens is 234 g/mol. The Kier molecular flexibility index (Phi) is 3.09. The van der Waals surface area contributed by atoms with E-state index in [1.807, 2.05) is 25.1 Å². The number of benzene rings is 1. The first kappa shape index (κ1) is 11.8. The van der Waals surface area contributed by atoms with E-state index in [0.29, 0.717) is 0 Å². The van der Waals surface area contributed by atoms with Crippen LogP contribution in [0.5, 0.6) is 0 Å². The molecule has 1 aromatic heterocycles. The summed E-state index contributed by atoms with van der Waals surface area (Å²) in [6.07, 6.45) is 0. The monoisotopic (exact) mass is 245 g/mol. The maximum atomic E-state index is 11.1. The number of hydrogen-bond donors (Lipinski definition) is 3. The molecule has 0 spiro atoms. The molecule has 1 aromatic carbocycles. The van der Waals surface area contributed by atoms with Crippen LogP contribution in [0.25, 0.3) is 0 Å². The molecule has 92 valence electrons. The molecule has 2 aromatic rings. The van der Waals surface area contributed by atoms with Gasteiger partial charge in [-0.15, -0.1) is 0 Å². The smallest absolute Gasteiger partial charge is 0.339 e. The van der Waals surface area contributed by atoms with Crippen molar-refractivity contribution in [2.75, 3.05) is 5.32 Å². The maximum absolute atomic E-state index is 11.1. The van der Waals surface area contributed by atoms with Crippen LogP contribution in [-0.4, -0.2) is 21.3 Å². The third-order valence-corrected chi connectivity index (χ3v) is 2.44. The summed E-state index contributed by atoms with van der Waals surface area (Å²) >= 11 is 0. The first-order chi connectivity index (χ1) is 8.58. The first-order valence-corrected chi connectivity index (χ1v) is 5.23. The lowest BCUT2D eigenvalue weighted by atomic mass is 10.2. The van der Waals surface area contributed by atoms with Crippen LogP contribution in [0.2, 0.25) is 0 Å². The summed E-state index contributed by atoms with van der Waals surface area (Å²) in [7, 11) is 0. The van der Waals surface area contributed by atoms with Crippen molar-refractivity contribution in [2.45, 2.75) is 6.92 Å². The van der Waals surface area contributed by atoms with Gasteiger partial charge in [0.05, 0.1) is 0 Å². The van der Waals surface area contributed by atoms with Crippen molar-refractivity contribution in [1.82, 2.24) is 10.2 Å². The van der Waals surface area contributed by atoms with E-state index < -0.39 is 11.5 Å². The zero-order chi connectivity index (χ0) is 13.1. The van der Waals surface area contributed by atoms with Gasteiger partial charge in [-0.1, -0.05) is 18.2 Å². The lowest BCUT2D eigenvalue weighted by molar-refractivity contribution is 0.0697. The molecular formula is C12H11N3O3. The average Bonchev–Trinajstić information content (AvgIpc) is 2.34. The molecule has 2 rings (SSSR count). The van der Waals surface area contributed by atoms with Gasteiger partial charge in [0, 0.05) is 11.8 Å². The molecule has 0 bridgehead atoms. The maximum Gasteiger partial charge on any atom is 0.339 e. The molecule has 0 saturated carbocycles. The molecule has 0 aliphatic heterocycles. The summed E-state index contributed by atoms with van der Waals surface area (Å²) in [5, 5.41) is 17.8. The zero-order valence-corrected chi connectivity index (χ0v) is 9.60. The summed E-state index contributed by atoms with van der Waals surface area (Å²) in [4.78, 5) is 22.1. The SMILES string of the molecule is Cc1ccccc1Nc1n[nH]c(=O)cc1C(=O)O. The molecule has 0 amide bonds. The minimum Gasteiger partial charge on any atom is -0.478 e. The minimum atomic E-state index is -1.20. The number of aromatic amines is 1. The van der Waals surface area contributed by atoms with Gasteiger partial charge >= 0.3 is 5.97 Å². The third kappa shape index (κ3) is 2.37. The number of nitrogens with one attached hydrogen (secondary N) is 2. The van der Waals surface area contributed by atoms with E-state index in [9.17, 15) is 9.59 Å². The molecule has 3 N–H and O–H groups in total. The Balaban J connectivity index is 2.44. The predicted octanol–water partition coefficient (Wildman–Crippen LogP) is 1.52. The predicted molar refractivity (Wildman–Crippen MR) is 66.3 cm³/mol. The van der Waals surface area contributed by atoms with Gasteiger partial charge in [-0.2, -0.15) is 5.10 Å². The Morgan fingerprint density at radius 2 is 2.11 bits per heavy atom. The fourth-order valence-corrected chi connectivity index (χ4v) is 1.50. The molecule has 1 heterocycles. The Morgan fingerprint density at radius 1 is 1.39 bits per heavy atom. The van der Waals surface area contributed by atoms with Crippen LogP contribution < -0.4 is 10.9 Å². The number of carboxylic acids is 1. The second kappa shape index (κ2) is 4.70. The van der Waals surface area contributed by atoms with Gasteiger partial charge in [0.15, 0.2) is 5.82 Å². The van der Waals surface area contributed by atoms with E-state index in [-0.39, 0.29) is 11.4 Å². The van der Waals surface area contributed by atoms with Crippen molar-refractivity contribution in [1.29, 1.82) is 0 Å². The Hall–Kier alpha value is -2.63. The van der Waals surface area contributed by atoms with Crippen LogP contribution >= 0.6 is 0 Å². The van der Waals surface area contributed by atoms with E-state index in [2.05, 4.69) is 15.5 Å². The van der Waals surface area contributed by atoms with Gasteiger partial charge in [-0.05, 0) is 18.6 Å². The van der Waals surface area contributed by atoms with Crippen LogP contribution in [-0.2, 0) is 0 Å². The number of rotatable bonds is 3. The fourth-order valence-electron chi connectivity index (χ4n) is 1.50. The van der Waals surface area contributed by atoms with Crippen LogP contribution in [0.3, 0.4) is 0 Å². The number of aromatic nitrogens is 2. The molecule has 18 heavy (non-hydrogen) atoms. The van der Waals surface area contributed by atoms with Gasteiger partial charge in [0.2, 0.25) is 0 Å². The molecule has 0 unspecified atom stereocenters. The number of carboxylic acid groups (broad SMARTS) is 1. The number of hydrogen-bond acceptors (Lipinski definition) is 4. The number of carbonyl (C=O) groups is 1. The molecule has 0 atom stereocenters. The highest BCUT2D eigenvalue weighted by Gasteiger charge is 2.13. The highest BCUT2D eigenvalue weighted by molar-refractivity contribution is 5.93. The van der Waals surface area contributed by atoms with E-state index >= 15 is 0 Å². The molecule has 0 fully saturated rings. The number of anilines is 2. The van der Waals surface area contributed by atoms with Crippen LogP contribution in [0.15, 0.2) is 35.1 Å². The number of H-pyrrole nitrogens is 1. The number of aromatic carboxylic acids is 1. The highest BCUT2D eigenvalue weighted by atomic mass is 16.4. The van der Waals surface area contributed by atoms with Crippen LogP contribution in [0, 0.1) is 6.92 Å². The molecule has 6 heteroatoms. The van der Waals surface area contributed by atoms with Crippen LogP contribution in [0.4, 0.5) is 11.5 Å². The second-order valence-corrected chi connectivity index (χ2v) is 3.74. The summed E-state index contributed by atoms with van der Waals surface area (Å²) in [5.74, 6) is -1.10. The van der Waals surface area contributed by atoms with E-state index in [1.165, 1.54) is 0 Å². The van der Waals surface area contributed by atoms with Crippen molar-refractivity contribution in [3.05, 3.63) is 51.8 Å². The fraction of sp³-hybridized carbons (Fsp3) is 0.0833. The summed E-state index contributed by atoms with van der Waals surface area (Å²) < 4.78 is 0. The zero-order valence-electron chi connectivity index (χ0n) is 9.60. The van der Waals surface area contributed by atoms with E-state index in [4.69, 9.17) is 5.11 Å².